The highest BCUT2D eigenvalue weighted by atomic mass is 16.5. The minimum Gasteiger partial charge on any atom is -0.457 e. The van der Waals surface area contributed by atoms with E-state index in [4.69, 9.17) is 4.74 Å². The summed E-state index contributed by atoms with van der Waals surface area (Å²) >= 11 is 0. The van der Waals surface area contributed by atoms with Crippen molar-refractivity contribution < 1.29 is 4.74 Å². The third-order valence-corrected chi connectivity index (χ3v) is 10.4. The molecule has 0 amide bonds. The van der Waals surface area contributed by atoms with E-state index in [-0.39, 0.29) is 12.2 Å². The Morgan fingerprint density at radius 2 is 1.07 bits per heavy atom. The molecule has 2 fully saturated rings. The van der Waals surface area contributed by atoms with Crippen LogP contribution < -0.4 is 10.1 Å². The van der Waals surface area contributed by atoms with E-state index in [0.717, 1.165) is 11.5 Å². The molecule has 5 atom stereocenters. The van der Waals surface area contributed by atoms with Gasteiger partial charge in [0.25, 0.3) is 0 Å². The number of fused-ring (bicyclic) bond motifs is 10. The second-order valence-corrected chi connectivity index (χ2v) is 12.4. The molecule has 10 rings (SSSR count). The average molecular weight is 567 g/mol. The van der Waals surface area contributed by atoms with Gasteiger partial charge in [-0.05, 0) is 51.1 Å². The zero-order chi connectivity index (χ0) is 28.8. The number of nitrogens with one attached hydrogen (secondary N) is 1. The summed E-state index contributed by atoms with van der Waals surface area (Å²) in [6.45, 7) is 0. The van der Waals surface area contributed by atoms with Crippen LogP contribution in [-0.2, 0) is 5.41 Å². The van der Waals surface area contributed by atoms with Crippen molar-refractivity contribution in [3.05, 3.63) is 191 Å². The molecule has 6 aromatic carbocycles. The lowest BCUT2D eigenvalue weighted by atomic mass is 9.66. The zero-order valence-corrected chi connectivity index (χ0v) is 24.1. The summed E-state index contributed by atoms with van der Waals surface area (Å²) in [4.78, 5) is 2.66. The molecule has 3 heterocycles. The van der Waals surface area contributed by atoms with E-state index in [1.54, 1.807) is 0 Å². The molecule has 5 unspecified atom stereocenters. The van der Waals surface area contributed by atoms with Gasteiger partial charge in [-0.15, -0.1) is 0 Å². The summed E-state index contributed by atoms with van der Waals surface area (Å²) in [6, 6.07) is 56.3. The van der Waals surface area contributed by atoms with Crippen LogP contribution in [0.3, 0.4) is 0 Å². The van der Waals surface area contributed by atoms with Crippen LogP contribution in [0.15, 0.2) is 152 Å². The molecule has 6 aromatic rings. The van der Waals surface area contributed by atoms with Crippen molar-refractivity contribution in [3.63, 3.8) is 0 Å². The molecular formula is C41H30N2O. The first-order valence-corrected chi connectivity index (χ1v) is 15.6. The Hall–Kier alpha value is -4.96. The van der Waals surface area contributed by atoms with Gasteiger partial charge in [-0.2, -0.15) is 0 Å². The first-order valence-electron chi connectivity index (χ1n) is 15.6. The van der Waals surface area contributed by atoms with Crippen molar-refractivity contribution in [1.82, 2.24) is 10.2 Å². The van der Waals surface area contributed by atoms with E-state index in [0.29, 0.717) is 12.1 Å². The molecule has 210 valence electrons. The van der Waals surface area contributed by atoms with Gasteiger partial charge in [0.15, 0.2) is 0 Å². The largest absolute Gasteiger partial charge is 0.457 e. The Labute approximate surface area is 257 Å². The second-order valence-electron chi connectivity index (χ2n) is 12.4. The lowest BCUT2D eigenvalue weighted by Gasteiger charge is -2.39. The van der Waals surface area contributed by atoms with Crippen molar-refractivity contribution in [2.75, 3.05) is 0 Å². The standard InChI is InChI=1S/C41H30N2O/c1-3-13-26(14-4-1)38-39-37(42-40(43(38)39)27-15-5-2-6-16-27)28-23-24-30-29-17-7-8-18-31(29)41(34(30)25-28)32-19-9-11-21-35(32)44-36-22-12-10-20-33(36)41/h1-25,37-40,42H. The molecule has 2 saturated heterocycles. The summed E-state index contributed by atoms with van der Waals surface area (Å²) in [6.07, 6.45) is 0.167. The molecule has 3 aliphatic heterocycles. The molecule has 3 nitrogen and oxygen atoms in total. The van der Waals surface area contributed by atoms with Gasteiger partial charge in [-0.3, -0.25) is 10.2 Å². The third kappa shape index (κ3) is 3.18. The van der Waals surface area contributed by atoms with Gasteiger partial charge in [0, 0.05) is 11.1 Å². The zero-order valence-electron chi connectivity index (χ0n) is 24.1. The maximum atomic E-state index is 6.56. The van der Waals surface area contributed by atoms with Crippen LogP contribution in [0.25, 0.3) is 11.1 Å². The number of hydrogen-bond acceptors (Lipinski definition) is 3. The van der Waals surface area contributed by atoms with E-state index in [1.165, 1.54) is 50.1 Å². The number of nitrogens with zero attached hydrogens (tertiary/aromatic N) is 1. The predicted octanol–water partition coefficient (Wildman–Crippen LogP) is 8.92. The lowest BCUT2D eigenvalue weighted by Crippen LogP contribution is -2.32. The molecule has 0 aromatic heterocycles. The smallest absolute Gasteiger partial charge is 0.132 e. The van der Waals surface area contributed by atoms with Gasteiger partial charge in [0.2, 0.25) is 0 Å². The van der Waals surface area contributed by atoms with Gasteiger partial charge in [0.05, 0.1) is 29.7 Å². The maximum Gasteiger partial charge on any atom is 0.132 e. The Kier molecular flexibility index (Phi) is 5.02. The molecule has 44 heavy (non-hydrogen) atoms. The first-order chi connectivity index (χ1) is 21.8. The van der Waals surface area contributed by atoms with Gasteiger partial charge in [0.1, 0.15) is 11.5 Å². The topological polar surface area (TPSA) is 24.3 Å². The molecule has 1 aliphatic carbocycles. The van der Waals surface area contributed by atoms with E-state index in [9.17, 15) is 0 Å². The average Bonchev–Trinajstić information content (AvgIpc) is 3.59. The van der Waals surface area contributed by atoms with Gasteiger partial charge < -0.3 is 4.74 Å². The van der Waals surface area contributed by atoms with Gasteiger partial charge in [-0.25, -0.2) is 0 Å². The number of benzene rings is 6. The minimum absolute atomic E-state index is 0.167. The van der Waals surface area contributed by atoms with Crippen LogP contribution in [0.2, 0.25) is 0 Å². The SMILES string of the molecule is c1ccc(C2NC(c3ccc4c(c3)C3(c5ccccc5Oc5ccccc53)c3ccccc3-4)C3C(c4ccccc4)N23)cc1. The van der Waals surface area contributed by atoms with Crippen LogP contribution >= 0.6 is 0 Å². The number of ether oxygens (including phenoxy) is 1. The van der Waals surface area contributed by atoms with Crippen molar-refractivity contribution in [2.45, 2.75) is 29.7 Å². The predicted molar refractivity (Wildman–Crippen MR) is 174 cm³/mol. The molecule has 4 aliphatic rings. The normalized spacial score (nSPS) is 24.4. The highest BCUT2D eigenvalue weighted by Crippen LogP contribution is 2.63. The van der Waals surface area contributed by atoms with E-state index in [1.807, 2.05) is 0 Å². The highest BCUT2D eigenvalue weighted by molar-refractivity contribution is 5.88. The molecule has 3 heteroatoms. The minimum atomic E-state index is -0.452. The molecule has 0 bridgehead atoms. The number of para-hydroxylation sites is 2. The summed E-state index contributed by atoms with van der Waals surface area (Å²) in [7, 11) is 0. The van der Waals surface area contributed by atoms with Crippen LogP contribution in [0.4, 0.5) is 0 Å². The Morgan fingerprint density at radius 1 is 0.500 bits per heavy atom. The fraction of sp³-hybridized carbons (Fsp3) is 0.122. The van der Waals surface area contributed by atoms with Crippen molar-refractivity contribution in [1.29, 1.82) is 0 Å². The Bertz CT molecular complexity index is 2020. The van der Waals surface area contributed by atoms with Gasteiger partial charge >= 0.3 is 0 Å². The summed E-state index contributed by atoms with van der Waals surface area (Å²) in [5, 5.41) is 4.07. The lowest BCUT2D eigenvalue weighted by molar-refractivity contribution is 0.357. The number of rotatable bonds is 3. The molecular weight excluding hydrogens is 536 g/mol. The van der Waals surface area contributed by atoms with Crippen LogP contribution in [0.1, 0.15) is 57.2 Å². The molecule has 1 spiro atoms. The Balaban J connectivity index is 1.18. The monoisotopic (exact) mass is 566 g/mol. The second kappa shape index (κ2) is 9.03. The maximum absolute atomic E-state index is 6.56. The number of hydrogen-bond donors (Lipinski definition) is 1. The fourth-order valence-corrected chi connectivity index (χ4v) is 8.59. The van der Waals surface area contributed by atoms with Crippen molar-refractivity contribution in [3.8, 4) is 22.6 Å². The van der Waals surface area contributed by atoms with Crippen LogP contribution in [0, 0.1) is 0 Å². The van der Waals surface area contributed by atoms with Crippen molar-refractivity contribution in [2.24, 2.45) is 0 Å². The summed E-state index contributed by atoms with van der Waals surface area (Å²) < 4.78 is 6.56. The van der Waals surface area contributed by atoms with E-state index >= 15 is 0 Å². The van der Waals surface area contributed by atoms with Gasteiger partial charge in [-0.1, -0.05) is 140 Å². The van der Waals surface area contributed by atoms with Crippen LogP contribution in [0.5, 0.6) is 11.5 Å². The van der Waals surface area contributed by atoms with E-state index in [2.05, 4.69) is 162 Å². The first kappa shape index (κ1) is 24.5. The highest BCUT2D eigenvalue weighted by Gasteiger charge is 2.62. The summed E-state index contributed by atoms with van der Waals surface area (Å²) in [5.41, 5.74) is 11.3. The quantitative estimate of drug-likeness (QED) is 0.216. The Morgan fingerprint density at radius 3 is 1.77 bits per heavy atom. The third-order valence-electron chi connectivity index (χ3n) is 10.4. The molecule has 0 radical (unpaired) electrons. The van der Waals surface area contributed by atoms with Crippen molar-refractivity contribution >= 4 is 0 Å². The molecule has 0 saturated carbocycles. The van der Waals surface area contributed by atoms with E-state index < -0.39 is 5.41 Å². The summed E-state index contributed by atoms with van der Waals surface area (Å²) in [5.74, 6) is 1.86. The fourth-order valence-electron chi connectivity index (χ4n) is 8.59. The molecule has 1 N–H and O–H groups in total. The van der Waals surface area contributed by atoms with Crippen LogP contribution in [-0.4, -0.2) is 10.9 Å².